The second-order valence-electron chi connectivity index (χ2n) is 2.63. The zero-order valence-corrected chi connectivity index (χ0v) is 7.10. The lowest BCUT2D eigenvalue weighted by atomic mass is 10.1. The molecule has 3 N–H and O–H groups in total. The van der Waals surface area contributed by atoms with Gasteiger partial charge in [-0.05, 0) is 17.7 Å². The molecule has 0 radical (unpaired) electrons. The van der Waals surface area contributed by atoms with Crippen molar-refractivity contribution in [2.45, 2.75) is 5.88 Å². The van der Waals surface area contributed by atoms with Crippen molar-refractivity contribution in [3.05, 3.63) is 23.9 Å². The maximum absolute atomic E-state index is 5.73. The van der Waals surface area contributed by atoms with E-state index in [9.17, 15) is 0 Å². The predicted molar refractivity (Wildman–Crippen MR) is 50.1 cm³/mol. The van der Waals surface area contributed by atoms with Gasteiger partial charge in [0.15, 0.2) is 0 Å². The van der Waals surface area contributed by atoms with Crippen LogP contribution in [0.3, 0.4) is 0 Å². The normalized spacial score (nSPS) is 10.8. The van der Waals surface area contributed by atoms with Crippen molar-refractivity contribution < 1.29 is 0 Å². The fourth-order valence-electron chi connectivity index (χ4n) is 1.17. The molecule has 1 aromatic carbocycles. The number of rotatable bonds is 1. The summed E-state index contributed by atoms with van der Waals surface area (Å²) in [7, 11) is 0. The van der Waals surface area contributed by atoms with Crippen molar-refractivity contribution in [1.29, 1.82) is 0 Å². The smallest absolute Gasteiger partial charge is 0.0925 e. The molecule has 2 rings (SSSR count). The molecule has 0 atom stereocenters. The minimum atomic E-state index is 0.425. The molecule has 0 aliphatic rings. The Kier molecular flexibility index (Phi) is 1.66. The number of hydrogen-bond acceptors (Lipinski definition) is 2. The number of nitrogen functional groups attached to an aromatic ring is 1. The van der Waals surface area contributed by atoms with Gasteiger partial charge in [0.1, 0.15) is 0 Å². The first-order valence-corrected chi connectivity index (χ1v) is 4.12. The van der Waals surface area contributed by atoms with Crippen molar-refractivity contribution in [1.82, 2.24) is 10.2 Å². The van der Waals surface area contributed by atoms with Gasteiger partial charge in [0.25, 0.3) is 0 Å². The van der Waals surface area contributed by atoms with E-state index in [1.165, 1.54) is 0 Å². The highest BCUT2D eigenvalue weighted by Gasteiger charge is 2.01. The van der Waals surface area contributed by atoms with Crippen LogP contribution in [0.5, 0.6) is 0 Å². The van der Waals surface area contributed by atoms with Crippen LogP contribution in [0.2, 0.25) is 0 Å². The quantitative estimate of drug-likeness (QED) is 0.522. The summed E-state index contributed by atoms with van der Waals surface area (Å²) in [5.41, 5.74) is 8.28. The monoisotopic (exact) mass is 181 g/mol. The van der Waals surface area contributed by atoms with E-state index in [0.717, 1.165) is 22.2 Å². The maximum atomic E-state index is 5.73. The maximum Gasteiger partial charge on any atom is 0.0925 e. The second-order valence-corrected chi connectivity index (χ2v) is 2.90. The molecule has 0 saturated carbocycles. The summed E-state index contributed by atoms with van der Waals surface area (Å²) in [6.07, 6.45) is 1.81. The Bertz CT molecular complexity index is 408. The van der Waals surface area contributed by atoms with Gasteiger partial charge >= 0.3 is 0 Å². The Morgan fingerprint density at radius 2 is 2.33 bits per heavy atom. The lowest BCUT2D eigenvalue weighted by Gasteiger charge is -1.99. The Morgan fingerprint density at radius 3 is 3.08 bits per heavy atom. The van der Waals surface area contributed by atoms with E-state index in [2.05, 4.69) is 10.2 Å². The van der Waals surface area contributed by atoms with Gasteiger partial charge in [-0.2, -0.15) is 5.10 Å². The van der Waals surface area contributed by atoms with E-state index in [1.54, 1.807) is 0 Å². The zero-order chi connectivity index (χ0) is 8.55. The third-order valence-electron chi connectivity index (χ3n) is 1.84. The number of nitrogens with zero attached hydrogens (tertiary/aromatic N) is 1. The van der Waals surface area contributed by atoms with E-state index in [-0.39, 0.29) is 0 Å². The standard InChI is InChI=1S/C8H8ClN3/c9-3-5-2-8-6(1-7(5)10)4-11-12-8/h1-2,4H,3,10H2,(H,11,12). The van der Waals surface area contributed by atoms with E-state index >= 15 is 0 Å². The van der Waals surface area contributed by atoms with Crippen LogP contribution in [0.1, 0.15) is 5.56 Å². The van der Waals surface area contributed by atoms with Gasteiger partial charge in [0, 0.05) is 23.2 Å². The Hall–Kier alpha value is -1.22. The summed E-state index contributed by atoms with van der Waals surface area (Å²) >= 11 is 5.68. The van der Waals surface area contributed by atoms with Gasteiger partial charge in [-0.15, -0.1) is 11.6 Å². The number of H-pyrrole nitrogens is 1. The molecule has 0 unspecified atom stereocenters. The Labute approximate surface area is 74.5 Å². The van der Waals surface area contributed by atoms with Crippen LogP contribution in [0.25, 0.3) is 10.9 Å². The van der Waals surface area contributed by atoms with Crippen molar-refractivity contribution in [2.75, 3.05) is 5.73 Å². The van der Waals surface area contributed by atoms with E-state index in [1.807, 2.05) is 18.3 Å². The van der Waals surface area contributed by atoms with Gasteiger partial charge in [-0.3, -0.25) is 5.10 Å². The number of nitrogens with two attached hydrogens (primary N) is 1. The van der Waals surface area contributed by atoms with Crippen molar-refractivity contribution >= 4 is 28.2 Å². The summed E-state index contributed by atoms with van der Waals surface area (Å²) in [5, 5.41) is 7.81. The summed E-state index contributed by atoms with van der Waals surface area (Å²) in [6, 6.07) is 3.77. The number of halogens is 1. The molecule has 0 fully saturated rings. The number of anilines is 1. The van der Waals surface area contributed by atoms with Gasteiger partial charge in [-0.25, -0.2) is 0 Å². The van der Waals surface area contributed by atoms with Crippen LogP contribution < -0.4 is 5.73 Å². The van der Waals surface area contributed by atoms with Crippen LogP contribution >= 0.6 is 11.6 Å². The fraction of sp³-hybridized carbons (Fsp3) is 0.125. The molecule has 0 aliphatic carbocycles. The molecule has 0 aliphatic heterocycles. The molecule has 62 valence electrons. The number of aromatic nitrogens is 2. The minimum Gasteiger partial charge on any atom is -0.398 e. The number of nitrogens with one attached hydrogen (secondary N) is 1. The van der Waals surface area contributed by atoms with Crippen molar-refractivity contribution in [2.24, 2.45) is 0 Å². The Morgan fingerprint density at radius 1 is 1.50 bits per heavy atom. The molecular formula is C8H8ClN3. The number of fused-ring (bicyclic) bond motifs is 1. The fourth-order valence-corrected chi connectivity index (χ4v) is 1.40. The van der Waals surface area contributed by atoms with Gasteiger partial charge in [0.05, 0.1) is 5.52 Å². The van der Waals surface area contributed by atoms with Crippen LogP contribution in [0.15, 0.2) is 18.3 Å². The Balaban J connectivity index is 2.73. The summed E-state index contributed by atoms with van der Waals surface area (Å²) in [5.74, 6) is 0.425. The van der Waals surface area contributed by atoms with E-state index in [4.69, 9.17) is 17.3 Å². The predicted octanol–water partition coefficient (Wildman–Crippen LogP) is 1.88. The van der Waals surface area contributed by atoms with Crippen molar-refractivity contribution in [3.63, 3.8) is 0 Å². The molecule has 12 heavy (non-hydrogen) atoms. The molecule has 3 nitrogen and oxygen atoms in total. The lowest BCUT2D eigenvalue weighted by molar-refractivity contribution is 1.12. The molecule has 1 heterocycles. The number of benzene rings is 1. The van der Waals surface area contributed by atoms with E-state index in [0.29, 0.717) is 5.88 Å². The first-order valence-electron chi connectivity index (χ1n) is 3.59. The molecule has 4 heteroatoms. The highest BCUT2D eigenvalue weighted by molar-refractivity contribution is 6.17. The SMILES string of the molecule is Nc1cc2c[nH]nc2cc1CCl. The average Bonchev–Trinajstić information content (AvgIpc) is 2.49. The minimum absolute atomic E-state index is 0.425. The number of alkyl halides is 1. The molecule has 2 aromatic rings. The highest BCUT2D eigenvalue weighted by atomic mass is 35.5. The molecule has 0 bridgehead atoms. The third-order valence-corrected chi connectivity index (χ3v) is 2.13. The van der Waals surface area contributed by atoms with Crippen LogP contribution in [0.4, 0.5) is 5.69 Å². The summed E-state index contributed by atoms with van der Waals surface area (Å²) in [6.45, 7) is 0. The molecule has 0 saturated heterocycles. The first-order chi connectivity index (χ1) is 5.81. The highest BCUT2D eigenvalue weighted by Crippen LogP contribution is 2.21. The topological polar surface area (TPSA) is 54.7 Å². The summed E-state index contributed by atoms with van der Waals surface area (Å²) < 4.78 is 0. The molecule has 1 aromatic heterocycles. The third kappa shape index (κ3) is 1.02. The molecule has 0 spiro atoms. The van der Waals surface area contributed by atoms with Crippen molar-refractivity contribution in [3.8, 4) is 0 Å². The second kappa shape index (κ2) is 2.68. The van der Waals surface area contributed by atoms with E-state index < -0.39 is 0 Å². The van der Waals surface area contributed by atoms with Crippen LogP contribution in [-0.4, -0.2) is 10.2 Å². The number of aromatic amines is 1. The summed E-state index contributed by atoms with van der Waals surface area (Å²) in [4.78, 5) is 0. The van der Waals surface area contributed by atoms with Gasteiger partial charge in [-0.1, -0.05) is 0 Å². The first kappa shape index (κ1) is 7.43. The van der Waals surface area contributed by atoms with Gasteiger partial charge < -0.3 is 5.73 Å². The number of hydrogen-bond donors (Lipinski definition) is 2. The molecule has 0 amide bonds. The largest absolute Gasteiger partial charge is 0.398 e. The lowest BCUT2D eigenvalue weighted by Crippen LogP contribution is -1.90. The zero-order valence-electron chi connectivity index (χ0n) is 6.34. The van der Waals surface area contributed by atoms with Crippen LogP contribution in [0, 0.1) is 0 Å². The van der Waals surface area contributed by atoms with Gasteiger partial charge in [0.2, 0.25) is 0 Å². The van der Waals surface area contributed by atoms with Crippen LogP contribution in [-0.2, 0) is 5.88 Å². The average molecular weight is 182 g/mol. The molecular weight excluding hydrogens is 174 g/mol.